The molecule has 5 aromatic rings. The number of likely N-dealkylation sites (tertiary alicyclic amines) is 2. The van der Waals surface area contributed by atoms with E-state index in [2.05, 4.69) is 9.74 Å². The molecule has 1 aromatic heterocycles. The number of benzene rings is 4. The molecule has 0 unspecified atom stereocenters. The molecule has 4 aromatic carbocycles. The third-order valence-corrected chi connectivity index (χ3v) is 10.6. The second kappa shape index (κ2) is 15.7. The Kier molecular flexibility index (Phi) is 10.8. The summed E-state index contributed by atoms with van der Waals surface area (Å²) >= 11 is 0. The Morgan fingerprint density at radius 1 is 0.945 bits per heavy atom. The molecule has 284 valence electrons. The second-order valence-electron chi connectivity index (χ2n) is 14.2. The van der Waals surface area contributed by atoms with Crippen LogP contribution in [0.15, 0.2) is 65.1 Å². The van der Waals surface area contributed by atoms with E-state index in [0.717, 1.165) is 58.0 Å². The molecule has 2 aliphatic heterocycles. The van der Waals surface area contributed by atoms with Crippen LogP contribution in [0.2, 0.25) is 0 Å². The van der Waals surface area contributed by atoms with Gasteiger partial charge in [-0.15, -0.1) is 0 Å². The zero-order valence-corrected chi connectivity index (χ0v) is 30.8. The number of aliphatic hydroxyl groups is 1. The highest BCUT2D eigenvalue weighted by molar-refractivity contribution is 5.90. The van der Waals surface area contributed by atoms with Crippen molar-refractivity contribution in [3.8, 4) is 28.3 Å². The summed E-state index contributed by atoms with van der Waals surface area (Å²) in [7, 11) is 1.45. The zero-order valence-electron chi connectivity index (χ0n) is 30.8. The molecular formula is C43H41F3N4O5. The predicted molar refractivity (Wildman–Crippen MR) is 204 cm³/mol. The van der Waals surface area contributed by atoms with Crippen LogP contribution >= 0.6 is 0 Å². The fourth-order valence-electron chi connectivity index (χ4n) is 7.75. The summed E-state index contributed by atoms with van der Waals surface area (Å²) < 4.78 is 60.2. The lowest BCUT2D eigenvalue weighted by Crippen LogP contribution is -2.22. The van der Waals surface area contributed by atoms with Crippen LogP contribution in [0.4, 0.5) is 18.9 Å². The number of carbonyl (C=O) groups excluding carboxylic acids is 1. The molecule has 0 aliphatic carbocycles. The number of rotatable bonds is 11. The number of oxazole rings is 1. The summed E-state index contributed by atoms with van der Waals surface area (Å²) in [6, 6.07) is 17.9. The van der Waals surface area contributed by atoms with Gasteiger partial charge >= 0.3 is 6.18 Å². The molecule has 0 saturated carbocycles. The van der Waals surface area contributed by atoms with Crippen LogP contribution in [0.1, 0.15) is 51.8 Å². The van der Waals surface area contributed by atoms with Gasteiger partial charge in [-0.1, -0.05) is 42.5 Å². The van der Waals surface area contributed by atoms with E-state index in [9.17, 15) is 23.1 Å². The fourth-order valence-corrected chi connectivity index (χ4v) is 7.75. The van der Waals surface area contributed by atoms with E-state index in [0.29, 0.717) is 73.1 Å². The Bertz CT molecular complexity index is 2310. The van der Waals surface area contributed by atoms with Crippen molar-refractivity contribution in [1.29, 1.82) is 0 Å². The summed E-state index contributed by atoms with van der Waals surface area (Å²) in [5.41, 5.74) is 7.01. The average molecular weight is 751 g/mol. The van der Waals surface area contributed by atoms with Gasteiger partial charge < -0.3 is 19.0 Å². The average Bonchev–Trinajstić information content (AvgIpc) is 3.91. The van der Waals surface area contributed by atoms with Gasteiger partial charge in [0.1, 0.15) is 11.9 Å². The van der Waals surface area contributed by atoms with Crippen LogP contribution in [-0.4, -0.2) is 71.9 Å². The molecule has 2 fully saturated rings. The molecule has 0 radical (unpaired) electrons. The summed E-state index contributed by atoms with van der Waals surface area (Å²) in [5.74, 6) is 0.737. The molecule has 2 aliphatic rings. The van der Waals surface area contributed by atoms with Gasteiger partial charge in [0.2, 0.25) is 11.6 Å². The highest BCUT2D eigenvalue weighted by atomic mass is 19.4. The molecule has 9 nitrogen and oxygen atoms in total. The minimum Gasteiger partial charge on any atom is -0.496 e. The van der Waals surface area contributed by atoms with Crippen molar-refractivity contribution in [2.24, 2.45) is 0 Å². The maximum atomic E-state index is 14.4. The molecule has 0 bridgehead atoms. The molecular weight excluding hydrogens is 709 g/mol. The largest absolute Gasteiger partial charge is 0.496 e. The quantitative estimate of drug-likeness (QED) is 0.0814. The van der Waals surface area contributed by atoms with Gasteiger partial charge in [-0.05, 0) is 96.0 Å². The minimum atomic E-state index is -4.59. The first-order valence-corrected chi connectivity index (χ1v) is 18.1. The number of alkyl halides is 3. The van der Waals surface area contributed by atoms with Crippen molar-refractivity contribution < 1.29 is 37.0 Å². The van der Waals surface area contributed by atoms with E-state index >= 15 is 0 Å². The van der Waals surface area contributed by atoms with Crippen LogP contribution in [0, 0.1) is 20.4 Å². The maximum absolute atomic E-state index is 14.4. The topological polar surface area (TPSA) is 92.6 Å². The van der Waals surface area contributed by atoms with E-state index in [-0.39, 0.29) is 18.2 Å². The van der Waals surface area contributed by atoms with Crippen LogP contribution < -0.4 is 4.74 Å². The lowest BCUT2D eigenvalue weighted by molar-refractivity contribution is -0.138. The second-order valence-corrected chi connectivity index (χ2v) is 14.2. The number of fused-ring (bicyclic) bond motifs is 1. The number of hydrogen-bond donors (Lipinski definition) is 1. The SMILES string of the molecule is [C-]#[N+]c1cc(CN2CC[C@@H](OC=O)C2)cc2nc(-c3cccc(-c4cccc(/C=C/c5cc(OC)c(CN6CC[C@H](O)C6)cc5C(F)(F)F)c4C)c3C)oc12. The van der Waals surface area contributed by atoms with Crippen molar-refractivity contribution in [3.63, 3.8) is 0 Å². The van der Waals surface area contributed by atoms with Crippen molar-refractivity contribution in [2.45, 2.75) is 58.2 Å². The van der Waals surface area contributed by atoms with Crippen molar-refractivity contribution >= 4 is 35.4 Å². The number of hydrogen-bond acceptors (Lipinski definition) is 8. The standard InChI is InChI=1S/C43H41F3N4O5/c1-26-29(11-12-30-20-40(53-4)31(19-37(30)43(44,45)46)22-50-15-13-32(52)23-50)7-5-8-34(26)35-9-6-10-36(27(35)2)42-48-39-18-28(17-38(47-3)41(39)55-42)21-49-16-14-33(24-49)54-25-51/h5-12,17-20,25,32-33,52H,13-16,21-24H2,1-2,4H3/b12-11+/t32-,33+/m0/s1. The van der Waals surface area contributed by atoms with Crippen molar-refractivity contribution in [2.75, 3.05) is 33.3 Å². The van der Waals surface area contributed by atoms with E-state index in [1.807, 2.05) is 67.3 Å². The van der Waals surface area contributed by atoms with E-state index < -0.39 is 17.8 Å². The molecule has 2 atom stereocenters. The van der Waals surface area contributed by atoms with Crippen molar-refractivity contribution in [3.05, 3.63) is 111 Å². The predicted octanol–water partition coefficient (Wildman–Crippen LogP) is 8.84. The van der Waals surface area contributed by atoms with Crippen LogP contribution in [0.3, 0.4) is 0 Å². The number of nitrogens with zero attached hydrogens (tertiary/aromatic N) is 4. The number of methoxy groups -OCH3 is 1. The Morgan fingerprint density at radius 2 is 1.65 bits per heavy atom. The Labute approximate surface area is 317 Å². The van der Waals surface area contributed by atoms with E-state index in [1.165, 1.54) is 19.3 Å². The zero-order chi connectivity index (χ0) is 38.9. The number of ether oxygens (including phenoxy) is 2. The summed E-state index contributed by atoms with van der Waals surface area (Å²) in [6.07, 6.45) is -0.696. The Hall–Kier alpha value is -5.48. The molecule has 2 saturated heterocycles. The summed E-state index contributed by atoms with van der Waals surface area (Å²) in [4.78, 5) is 23.4. The normalized spacial score (nSPS) is 18.0. The monoisotopic (exact) mass is 750 g/mol. The third kappa shape index (κ3) is 8.01. The molecule has 0 amide bonds. The Balaban J connectivity index is 1.18. The summed E-state index contributed by atoms with van der Waals surface area (Å²) in [6.45, 7) is 15.5. The van der Waals surface area contributed by atoms with E-state index in [4.69, 9.17) is 25.4 Å². The van der Waals surface area contributed by atoms with Crippen LogP contribution in [0.25, 0.3) is 50.7 Å². The molecule has 7 rings (SSSR count). The first-order valence-electron chi connectivity index (χ1n) is 18.1. The van der Waals surface area contributed by atoms with Crippen LogP contribution in [-0.2, 0) is 28.8 Å². The van der Waals surface area contributed by atoms with Gasteiger partial charge in [0.25, 0.3) is 6.47 Å². The lowest BCUT2D eigenvalue weighted by atomic mass is 9.91. The highest BCUT2D eigenvalue weighted by Gasteiger charge is 2.34. The fraction of sp³-hybridized carbons (Fsp3) is 0.326. The minimum absolute atomic E-state index is 0.00743. The maximum Gasteiger partial charge on any atom is 0.417 e. The lowest BCUT2D eigenvalue weighted by Gasteiger charge is -2.20. The Morgan fingerprint density at radius 3 is 2.36 bits per heavy atom. The van der Waals surface area contributed by atoms with Gasteiger partial charge in [0.15, 0.2) is 5.58 Å². The van der Waals surface area contributed by atoms with Gasteiger partial charge in [0.05, 0.1) is 30.9 Å². The van der Waals surface area contributed by atoms with Crippen molar-refractivity contribution in [1.82, 2.24) is 14.8 Å². The van der Waals surface area contributed by atoms with Gasteiger partial charge in [0, 0.05) is 50.4 Å². The van der Waals surface area contributed by atoms with Crippen LogP contribution in [0.5, 0.6) is 5.75 Å². The first-order chi connectivity index (χ1) is 26.4. The van der Waals surface area contributed by atoms with Gasteiger partial charge in [-0.3, -0.25) is 14.6 Å². The first kappa shape index (κ1) is 37.8. The highest BCUT2D eigenvalue weighted by Crippen LogP contribution is 2.40. The molecule has 12 heteroatoms. The molecule has 55 heavy (non-hydrogen) atoms. The summed E-state index contributed by atoms with van der Waals surface area (Å²) in [5, 5.41) is 9.92. The number of β-amino-alcohol motifs (C(OH)–C–C–N with tert-alkyl or cyclic N) is 1. The third-order valence-electron chi connectivity index (χ3n) is 10.6. The van der Waals surface area contributed by atoms with Gasteiger partial charge in [-0.25, -0.2) is 9.83 Å². The molecule has 3 heterocycles. The molecule has 0 spiro atoms. The van der Waals surface area contributed by atoms with E-state index in [1.54, 1.807) is 6.08 Å². The smallest absolute Gasteiger partial charge is 0.417 e. The number of aliphatic hydroxyl groups excluding tert-OH is 1. The van der Waals surface area contributed by atoms with Gasteiger partial charge in [-0.2, -0.15) is 13.2 Å². The number of carbonyl (C=O) groups is 1. The number of aromatic nitrogens is 1. The number of halogens is 3. The molecule has 1 N–H and O–H groups in total.